The maximum absolute atomic E-state index is 13.1. The number of hydrogen-bond acceptors (Lipinski definition) is 5. The van der Waals surface area contributed by atoms with Gasteiger partial charge in [-0.25, -0.2) is 0 Å². The Hall–Kier alpha value is -3.38. The average Bonchev–Trinajstić information content (AvgIpc) is 3.05. The first kappa shape index (κ1) is 21.8. The molecule has 0 saturated carbocycles. The molecule has 2 aromatic carbocycles. The fourth-order valence-corrected chi connectivity index (χ4v) is 4.20. The van der Waals surface area contributed by atoms with Gasteiger partial charge in [0.25, 0.3) is 11.8 Å². The van der Waals surface area contributed by atoms with Crippen LogP contribution in [0.2, 0.25) is 0 Å². The van der Waals surface area contributed by atoms with E-state index in [1.807, 2.05) is 43.3 Å². The van der Waals surface area contributed by atoms with Gasteiger partial charge in [-0.3, -0.25) is 14.5 Å². The highest BCUT2D eigenvalue weighted by Crippen LogP contribution is 2.31. The number of hydrogen-bond donors (Lipinski definition) is 1. The van der Waals surface area contributed by atoms with Gasteiger partial charge in [0.05, 0.1) is 5.57 Å². The molecule has 2 heterocycles. The van der Waals surface area contributed by atoms with Crippen LogP contribution in [0.1, 0.15) is 18.1 Å². The molecule has 0 spiro atoms. The summed E-state index contributed by atoms with van der Waals surface area (Å²) in [5, 5.41) is 3.23. The highest BCUT2D eigenvalue weighted by molar-refractivity contribution is 6.36. The molecular weight excluding hydrogens is 400 g/mol. The van der Waals surface area contributed by atoms with Crippen molar-refractivity contribution in [1.29, 1.82) is 0 Å². The van der Waals surface area contributed by atoms with Crippen LogP contribution in [0, 0.1) is 6.92 Å². The van der Waals surface area contributed by atoms with Crippen LogP contribution < -0.4 is 10.2 Å². The lowest BCUT2D eigenvalue weighted by Gasteiger charge is -2.35. The van der Waals surface area contributed by atoms with Gasteiger partial charge in [0.15, 0.2) is 0 Å². The van der Waals surface area contributed by atoms with E-state index in [1.165, 1.54) is 10.6 Å². The number of carbonyl (C=O) groups is 2. The van der Waals surface area contributed by atoms with Gasteiger partial charge in [-0.05, 0) is 43.3 Å². The standard InChI is InChI=1S/C26H30N4O2/c1-4-14-30-25(31)23(20-8-6-19(3)7-9-20)24(26(30)32)27-21-10-12-22(13-11-21)29-17-15-28(5-2)16-18-29/h4,6-13,27H,1,5,14-18H2,2-3H3. The monoisotopic (exact) mass is 430 g/mol. The summed E-state index contributed by atoms with van der Waals surface area (Å²) in [6, 6.07) is 15.7. The lowest BCUT2D eigenvalue weighted by molar-refractivity contribution is -0.136. The number of benzene rings is 2. The van der Waals surface area contributed by atoms with Crippen LogP contribution in [0.15, 0.2) is 66.9 Å². The van der Waals surface area contributed by atoms with Crippen molar-refractivity contribution < 1.29 is 9.59 Å². The number of carbonyl (C=O) groups excluding carboxylic acids is 2. The number of imide groups is 1. The van der Waals surface area contributed by atoms with Crippen molar-refractivity contribution in [2.75, 3.05) is 49.5 Å². The Morgan fingerprint density at radius 3 is 2.19 bits per heavy atom. The van der Waals surface area contributed by atoms with E-state index in [4.69, 9.17) is 0 Å². The summed E-state index contributed by atoms with van der Waals surface area (Å²) in [4.78, 5) is 32.2. The molecule has 2 aromatic rings. The molecule has 1 fully saturated rings. The third-order valence-corrected chi connectivity index (χ3v) is 6.14. The minimum atomic E-state index is -0.328. The minimum absolute atomic E-state index is 0.181. The molecule has 4 rings (SSSR count). The van der Waals surface area contributed by atoms with Gasteiger partial charge in [0, 0.05) is 44.1 Å². The molecule has 0 aromatic heterocycles. The molecule has 2 amide bonds. The van der Waals surface area contributed by atoms with Crippen LogP contribution in [0.5, 0.6) is 0 Å². The second kappa shape index (κ2) is 9.40. The zero-order chi connectivity index (χ0) is 22.7. The maximum Gasteiger partial charge on any atom is 0.278 e. The van der Waals surface area contributed by atoms with E-state index in [0.29, 0.717) is 11.3 Å². The molecule has 6 heteroatoms. The van der Waals surface area contributed by atoms with Crippen LogP contribution >= 0.6 is 0 Å². The molecule has 166 valence electrons. The van der Waals surface area contributed by atoms with Crippen LogP contribution in [0.4, 0.5) is 11.4 Å². The highest BCUT2D eigenvalue weighted by Gasteiger charge is 2.38. The van der Waals surface area contributed by atoms with Gasteiger partial charge in [-0.1, -0.05) is 42.8 Å². The van der Waals surface area contributed by atoms with Crippen molar-refractivity contribution in [1.82, 2.24) is 9.80 Å². The Kier molecular flexibility index (Phi) is 6.42. The van der Waals surface area contributed by atoms with Crippen molar-refractivity contribution in [3.63, 3.8) is 0 Å². The SMILES string of the molecule is C=CCN1C(=O)C(Nc2ccc(N3CCN(CC)CC3)cc2)=C(c2ccc(C)cc2)C1=O. The fourth-order valence-electron chi connectivity index (χ4n) is 4.20. The predicted molar refractivity (Wildman–Crippen MR) is 129 cm³/mol. The third-order valence-electron chi connectivity index (χ3n) is 6.14. The molecule has 1 N–H and O–H groups in total. The van der Waals surface area contributed by atoms with Gasteiger partial charge in [0.1, 0.15) is 5.70 Å². The quantitative estimate of drug-likeness (QED) is 0.538. The lowest BCUT2D eigenvalue weighted by Crippen LogP contribution is -2.46. The molecule has 1 saturated heterocycles. The first-order valence-electron chi connectivity index (χ1n) is 11.1. The van der Waals surface area contributed by atoms with Crippen LogP contribution in [-0.2, 0) is 9.59 Å². The molecule has 0 radical (unpaired) electrons. The zero-order valence-corrected chi connectivity index (χ0v) is 18.8. The summed E-state index contributed by atoms with van der Waals surface area (Å²) >= 11 is 0. The normalized spacial score (nSPS) is 17.3. The average molecular weight is 431 g/mol. The second-order valence-electron chi connectivity index (χ2n) is 8.22. The van der Waals surface area contributed by atoms with Crippen molar-refractivity contribution in [3.05, 3.63) is 78.0 Å². The number of nitrogens with one attached hydrogen (secondary N) is 1. The number of aryl methyl sites for hydroxylation is 1. The van der Waals surface area contributed by atoms with E-state index in [9.17, 15) is 9.59 Å². The summed E-state index contributed by atoms with van der Waals surface area (Å²) in [5.41, 5.74) is 4.48. The summed E-state index contributed by atoms with van der Waals surface area (Å²) in [7, 11) is 0. The first-order valence-corrected chi connectivity index (χ1v) is 11.1. The smallest absolute Gasteiger partial charge is 0.278 e. The van der Waals surface area contributed by atoms with E-state index in [2.05, 4.69) is 40.8 Å². The zero-order valence-electron chi connectivity index (χ0n) is 18.8. The molecule has 32 heavy (non-hydrogen) atoms. The number of anilines is 2. The Balaban J connectivity index is 1.58. The Morgan fingerprint density at radius 1 is 0.938 bits per heavy atom. The molecule has 2 aliphatic rings. The van der Waals surface area contributed by atoms with E-state index in [0.717, 1.165) is 49.5 Å². The van der Waals surface area contributed by atoms with Crippen molar-refractivity contribution in [2.24, 2.45) is 0 Å². The van der Waals surface area contributed by atoms with E-state index in [1.54, 1.807) is 6.08 Å². The highest BCUT2D eigenvalue weighted by atomic mass is 16.2. The second-order valence-corrected chi connectivity index (χ2v) is 8.22. The predicted octanol–water partition coefficient (Wildman–Crippen LogP) is 3.51. The van der Waals surface area contributed by atoms with Gasteiger partial charge < -0.3 is 15.1 Å². The van der Waals surface area contributed by atoms with Crippen LogP contribution in [0.25, 0.3) is 5.57 Å². The number of nitrogens with zero attached hydrogens (tertiary/aromatic N) is 3. The van der Waals surface area contributed by atoms with Crippen LogP contribution in [-0.4, -0.2) is 60.9 Å². The maximum atomic E-state index is 13.1. The number of likely N-dealkylation sites (N-methyl/N-ethyl adjacent to an activating group) is 1. The van der Waals surface area contributed by atoms with E-state index >= 15 is 0 Å². The molecule has 6 nitrogen and oxygen atoms in total. The van der Waals surface area contributed by atoms with Gasteiger partial charge in [-0.15, -0.1) is 6.58 Å². The summed E-state index contributed by atoms with van der Waals surface area (Å²) in [6.07, 6.45) is 1.57. The third kappa shape index (κ3) is 4.32. The van der Waals surface area contributed by atoms with Crippen molar-refractivity contribution >= 4 is 28.8 Å². The van der Waals surface area contributed by atoms with Crippen LogP contribution in [0.3, 0.4) is 0 Å². The molecule has 2 aliphatic heterocycles. The van der Waals surface area contributed by atoms with Gasteiger partial charge in [-0.2, -0.15) is 0 Å². The van der Waals surface area contributed by atoms with Crippen molar-refractivity contribution in [2.45, 2.75) is 13.8 Å². The Labute approximate surface area is 189 Å². The molecule has 0 unspecified atom stereocenters. The fraction of sp³-hybridized carbons (Fsp3) is 0.308. The Morgan fingerprint density at radius 2 is 1.59 bits per heavy atom. The molecule has 0 bridgehead atoms. The number of rotatable bonds is 7. The number of amides is 2. The summed E-state index contributed by atoms with van der Waals surface area (Å²) in [5.74, 6) is -0.628. The summed E-state index contributed by atoms with van der Waals surface area (Å²) in [6.45, 7) is 13.3. The van der Waals surface area contributed by atoms with Gasteiger partial charge >= 0.3 is 0 Å². The summed E-state index contributed by atoms with van der Waals surface area (Å²) < 4.78 is 0. The molecular formula is C26H30N4O2. The lowest BCUT2D eigenvalue weighted by atomic mass is 10.0. The van der Waals surface area contributed by atoms with E-state index < -0.39 is 0 Å². The molecule has 0 aliphatic carbocycles. The Bertz CT molecular complexity index is 1030. The number of piperazine rings is 1. The molecule has 0 atom stereocenters. The van der Waals surface area contributed by atoms with E-state index in [-0.39, 0.29) is 18.4 Å². The van der Waals surface area contributed by atoms with Crippen molar-refractivity contribution in [3.8, 4) is 0 Å². The van der Waals surface area contributed by atoms with Gasteiger partial charge in [0.2, 0.25) is 0 Å². The topological polar surface area (TPSA) is 55.9 Å². The minimum Gasteiger partial charge on any atom is -0.369 e. The first-order chi connectivity index (χ1) is 15.5. The largest absolute Gasteiger partial charge is 0.369 e.